The van der Waals surface area contributed by atoms with Gasteiger partial charge >= 0.3 is 0 Å². The lowest BCUT2D eigenvalue weighted by Gasteiger charge is -2.06. The van der Waals surface area contributed by atoms with E-state index in [4.69, 9.17) is 0 Å². The van der Waals surface area contributed by atoms with Gasteiger partial charge in [-0.05, 0) is 49.7 Å². The number of hydrogen-bond donors (Lipinski definition) is 3. The normalized spacial score (nSPS) is 11.0. The minimum Gasteiger partial charge on any atom is -0.507 e. The molecule has 0 fully saturated rings. The van der Waals surface area contributed by atoms with E-state index in [9.17, 15) is 14.7 Å². The molecule has 2 rings (SSSR count). The molecule has 2 aromatic carbocycles. The van der Waals surface area contributed by atoms with Gasteiger partial charge in [-0.15, -0.1) is 0 Å². The van der Waals surface area contributed by atoms with E-state index in [0.717, 1.165) is 6.42 Å². The summed E-state index contributed by atoms with van der Waals surface area (Å²) in [6.07, 6.45) is 1.24. The zero-order chi connectivity index (χ0) is 18.2. The molecule has 0 aliphatic carbocycles. The number of hydrazone groups is 1. The second-order valence-electron chi connectivity index (χ2n) is 5.53. The Kier molecular flexibility index (Phi) is 6.28. The number of carbonyl (C=O) groups is 2. The molecule has 0 heterocycles. The Labute approximate surface area is 146 Å². The van der Waals surface area contributed by atoms with Crippen LogP contribution in [0.5, 0.6) is 5.75 Å². The van der Waals surface area contributed by atoms with Gasteiger partial charge in [0.2, 0.25) is 5.91 Å². The Bertz CT molecular complexity index is 783. The summed E-state index contributed by atoms with van der Waals surface area (Å²) in [5, 5.41) is 16.6. The van der Waals surface area contributed by atoms with Crippen LogP contribution >= 0.6 is 0 Å². The number of nitrogens with one attached hydrogen (secondary N) is 2. The van der Waals surface area contributed by atoms with Crippen molar-refractivity contribution < 1.29 is 14.7 Å². The van der Waals surface area contributed by atoms with Crippen LogP contribution in [0.1, 0.15) is 42.6 Å². The second kappa shape index (κ2) is 8.63. The molecular weight excluding hydrogens is 318 g/mol. The molecule has 3 N–H and O–H groups in total. The Morgan fingerprint density at radius 2 is 1.76 bits per heavy atom. The highest BCUT2D eigenvalue weighted by Gasteiger charge is 2.07. The van der Waals surface area contributed by atoms with E-state index in [1.807, 2.05) is 6.92 Å². The van der Waals surface area contributed by atoms with Crippen molar-refractivity contribution >= 4 is 23.2 Å². The highest BCUT2D eigenvalue weighted by molar-refractivity contribution is 6.02. The van der Waals surface area contributed by atoms with Crippen molar-refractivity contribution in [3.05, 3.63) is 59.7 Å². The van der Waals surface area contributed by atoms with Gasteiger partial charge in [0, 0.05) is 23.2 Å². The Morgan fingerprint density at radius 3 is 2.40 bits per heavy atom. The molecule has 0 aromatic heterocycles. The molecule has 0 aliphatic heterocycles. The van der Waals surface area contributed by atoms with Gasteiger partial charge in [-0.1, -0.05) is 19.1 Å². The van der Waals surface area contributed by atoms with Crippen molar-refractivity contribution in [3.8, 4) is 5.75 Å². The number of benzene rings is 2. The summed E-state index contributed by atoms with van der Waals surface area (Å²) in [6, 6.07) is 13.3. The number of amides is 2. The summed E-state index contributed by atoms with van der Waals surface area (Å²) in [5.41, 5.74) is 4.56. The van der Waals surface area contributed by atoms with E-state index in [0.29, 0.717) is 28.9 Å². The summed E-state index contributed by atoms with van der Waals surface area (Å²) in [5.74, 6) is -0.325. The van der Waals surface area contributed by atoms with Gasteiger partial charge in [0.25, 0.3) is 5.91 Å². The van der Waals surface area contributed by atoms with Crippen molar-refractivity contribution in [2.24, 2.45) is 5.10 Å². The molecular formula is C19H21N3O3. The fourth-order valence-corrected chi connectivity index (χ4v) is 2.19. The van der Waals surface area contributed by atoms with Crippen molar-refractivity contribution in [2.45, 2.75) is 26.7 Å². The number of rotatable bonds is 6. The van der Waals surface area contributed by atoms with Crippen LogP contribution in [0.25, 0.3) is 0 Å². The number of phenolic OH excluding ortho intramolecular Hbond substituents is 1. The molecule has 2 aromatic rings. The quantitative estimate of drug-likeness (QED) is 0.557. The first kappa shape index (κ1) is 18.2. The van der Waals surface area contributed by atoms with Crippen LogP contribution in [0.3, 0.4) is 0 Å². The van der Waals surface area contributed by atoms with Crippen molar-refractivity contribution in [3.63, 3.8) is 0 Å². The second-order valence-corrected chi connectivity index (χ2v) is 5.53. The zero-order valence-corrected chi connectivity index (χ0v) is 14.2. The molecule has 0 bridgehead atoms. The maximum atomic E-state index is 12.1. The van der Waals surface area contributed by atoms with Crippen LogP contribution in [-0.2, 0) is 4.79 Å². The first-order valence-corrected chi connectivity index (χ1v) is 8.04. The lowest BCUT2D eigenvalue weighted by molar-refractivity contribution is -0.116. The van der Waals surface area contributed by atoms with Gasteiger partial charge in [-0.3, -0.25) is 9.59 Å². The largest absolute Gasteiger partial charge is 0.507 e. The van der Waals surface area contributed by atoms with Crippen LogP contribution in [0.4, 0.5) is 5.69 Å². The van der Waals surface area contributed by atoms with Crippen molar-refractivity contribution in [2.75, 3.05) is 5.32 Å². The molecule has 0 aliphatic rings. The van der Waals surface area contributed by atoms with E-state index in [1.165, 1.54) is 0 Å². The minimum absolute atomic E-state index is 0.0532. The molecule has 130 valence electrons. The van der Waals surface area contributed by atoms with Gasteiger partial charge in [-0.25, -0.2) is 5.43 Å². The van der Waals surface area contributed by atoms with E-state index in [1.54, 1.807) is 55.5 Å². The molecule has 6 heteroatoms. The number of nitrogens with zero attached hydrogens (tertiary/aromatic N) is 1. The smallest absolute Gasteiger partial charge is 0.271 e. The van der Waals surface area contributed by atoms with E-state index in [-0.39, 0.29) is 17.6 Å². The summed E-state index contributed by atoms with van der Waals surface area (Å²) in [4.78, 5) is 23.7. The first-order chi connectivity index (χ1) is 12.0. The summed E-state index contributed by atoms with van der Waals surface area (Å²) in [6.45, 7) is 3.63. The summed E-state index contributed by atoms with van der Waals surface area (Å²) >= 11 is 0. The highest BCUT2D eigenvalue weighted by atomic mass is 16.3. The van der Waals surface area contributed by atoms with Crippen LogP contribution < -0.4 is 10.7 Å². The zero-order valence-electron chi connectivity index (χ0n) is 14.2. The van der Waals surface area contributed by atoms with Crippen LogP contribution in [0.2, 0.25) is 0 Å². The van der Waals surface area contributed by atoms with E-state index < -0.39 is 0 Å². The third-order valence-corrected chi connectivity index (χ3v) is 3.53. The Balaban J connectivity index is 2.00. The SMILES string of the molecule is CCCC(=O)Nc1ccc(C(=O)N/N=C(\C)c2ccccc2O)cc1. The van der Waals surface area contributed by atoms with Gasteiger partial charge in [0.05, 0.1) is 5.71 Å². The molecule has 0 atom stereocenters. The van der Waals surface area contributed by atoms with Crippen LogP contribution in [0.15, 0.2) is 53.6 Å². The molecule has 2 amide bonds. The number of para-hydroxylation sites is 1. The van der Waals surface area contributed by atoms with Crippen LogP contribution in [0, 0.1) is 0 Å². The lowest BCUT2D eigenvalue weighted by atomic mass is 10.1. The number of hydrogen-bond acceptors (Lipinski definition) is 4. The average Bonchev–Trinajstić information content (AvgIpc) is 2.60. The van der Waals surface area contributed by atoms with Gasteiger partial charge in [-0.2, -0.15) is 5.10 Å². The number of anilines is 1. The topological polar surface area (TPSA) is 90.8 Å². The summed E-state index contributed by atoms with van der Waals surface area (Å²) < 4.78 is 0. The number of aromatic hydroxyl groups is 1. The molecule has 0 saturated carbocycles. The highest BCUT2D eigenvalue weighted by Crippen LogP contribution is 2.16. The third kappa shape index (κ3) is 5.17. The number of phenols is 1. The third-order valence-electron chi connectivity index (χ3n) is 3.53. The van der Waals surface area contributed by atoms with E-state index in [2.05, 4.69) is 15.8 Å². The maximum Gasteiger partial charge on any atom is 0.271 e. The fraction of sp³-hybridized carbons (Fsp3) is 0.211. The van der Waals surface area contributed by atoms with Gasteiger partial charge in [0.1, 0.15) is 5.75 Å². The monoisotopic (exact) mass is 339 g/mol. The maximum absolute atomic E-state index is 12.1. The molecule has 0 spiro atoms. The average molecular weight is 339 g/mol. The number of carbonyl (C=O) groups excluding carboxylic acids is 2. The first-order valence-electron chi connectivity index (χ1n) is 8.04. The Morgan fingerprint density at radius 1 is 1.08 bits per heavy atom. The predicted octanol–water partition coefficient (Wildman–Crippen LogP) is 3.28. The van der Waals surface area contributed by atoms with Gasteiger partial charge in [0.15, 0.2) is 0 Å². The molecule has 6 nitrogen and oxygen atoms in total. The minimum atomic E-state index is -0.374. The standard InChI is InChI=1S/C19H21N3O3/c1-3-6-18(24)20-15-11-9-14(10-12-15)19(25)22-21-13(2)16-7-4-5-8-17(16)23/h4-5,7-12,23H,3,6H2,1-2H3,(H,20,24)(H,22,25)/b21-13+. The van der Waals surface area contributed by atoms with Crippen molar-refractivity contribution in [1.82, 2.24) is 5.43 Å². The molecule has 0 saturated heterocycles. The van der Waals surface area contributed by atoms with Gasteiger partial charge < -0.3 is 10.4 Å². The fourth-order valence-electron chi connectivity index (χ4n) is 2.19. The van der Waals surface area contributed by atoms with Crippen LogP contribution in [-0.4, -0.2) is 22.6 Å². The molecule has 25 heavy (non-hydrogen) atoms. The van der Waals surface area contributed by atoms with E-state index >= 15 is 0 Å². The van der Waals surface area contributed by atoms with Crippen molar-refractivity contribution in [1.29, 1.82) is 0 Å². The lowest BCUT2D eigenvalue weighted by Crippen LogP contribution is -2.19. The molecule has 0 unspecified atom stereocenters. The Hall–Kier alpha value is -3.15. The molecule has 0 radical (unpaired) electrons. The predicted molar refractivity (Wildman–Crippen MR) is 97.8 cm³/mol. The summed E-state index contributed by atoms with van der Waals surface area (Å²) in [7, 11) is 0.